The summed E-state index contributed by atoms with van der Waals surface area (Å²) in [4.78, 5) is 0. The molecule has 3 aromatic carbocycles. The molecule has 2 heterocycles. The molecule has 0 bridgehead atoms. The molecule has 0 radical (unpaired) electrons. The van der Waals surface area contributed by atoms with E-state index in [0.717, 1.165) is 39.7 Å². The lowest BCUT2D eigenvalue weighted by Gasteiger charge is -2.35. The highest BCUT2D eigenvalue weighted by molar-refractivity contribution is 7.89. The predicted molar refractivity (Wildman–Crippen MR) is 151 cm³/mol. The first-order chi connectivity index (χ1) is 18.6. The Morgan fingerprint density at radius 2 is 1.79 bits per heavy atom. The summed E-state index contributed by atoms with van der Waals surface area (Å²) in [7, 11) is -1.65. The summed E-state index contributed by atoms with van der Waals surface area (Å²) >= 11 is 0. The Morgan fingerprint density at radius 3 is 2.46 bits per heavy atom. The van der Waals surface area contributed by atoms with Gasteiger partial charge >= 0.3 is 0 Å². The molecule has 2 aliphatic rings. The van der Waals surface area contributed by atoms with E-state index in [1.165, 1.54) is 12.1 Å². The minimum Gasteiger partial charge on any atom is -0.373 e. The zero-order valence-electron chi connectivity index (χ0n) is 22.8. The molecule has 1 saturated heterocycles. The number of methoxy groups -OCH3 is 1. The summed E-state index contributed by atoms with van der Waals surface area (Å²) in [5.41, 5.74) is 4.16. The van der Waals surface area contributed by atoms with Crippen LogP contribution in [0.15, 0.2) is 72.9 Å². The second kappa shape index (κ2) is 9.25. The Morgan fingerprint density at radius 1 is 1.08 bits per heavy atom. The SMILES string of the molecule is CO[C@@]1(c2ccccc2)CC2CN(S(=O)(=O)C(C)C)CC2(c2cc3cnn(-c4ccc(F)cc4)c3cc2C)C1. The summed E-state index contributed by atoms with van der Waals surface area (Å²) in [5, 5.41) is 5.11. The average molecular weight is 548 g/mol. The van der Waals surface area contributed by atoms with E-state index in [-0.39, 0.29) is 11.7 Å². The van der Waals surface area contributed by atoms with Crippen molar-refractivity contribution in [1.29, 1.82) is 0 Å². The van der Waals surface area contributed by atoms with E-state index in [9.17, 15) is 12.8 Å². The number of aromatic nitrogens is 2. The maximum atomic E-state index is 13.5. The molecule has 1 saturated carbocycles. The Bertz CT molecular complexity index is 1640. The third kappa shape index (κ3) is 4.03. The van der Waals surface area contributed by atoms with E-state index in [1.54, 1.807) is 37.4 Å². The van der Waals surface area contributed by atoms with Gasteiger partial charge in [0.25, 0.3) is 0 Å². The van der Waals surface area contributed by atoms with Crippen LogP contribution in [0.3, 0.4) is 0 Å². The van der Waals surface area contributed by atoms with E-state index in [0.29, 0.717) is 19.5 Å². The molecule has 2 unspecified atom stereocenters. The van der Waals surface area contributed by atoms with Gasteiger partial charge in [0.2, 0.25) is 10.0 Å². The van der Waals surface area contributed by atoms with Crippen LogP contribution in [-0.4, -0.2) is 48.0 Å². The molecular formula is C31H34FN3O3S. The minimum absolute atomic E-state index is 0.0921. The van der Waals surface area contributed by atoms with Gasteiger partial charge in [0, 0.05) is 31.0 Å². The van der Waals surface area contributed by atoms with Crippen molar-refractivity contribution < 1.29 is 17.5 Å². The first-order valence-electron chi connectivity index (χ1n) is 13.4. The molecule has 4 aromatic rings. The monoisotopic (exact) mass is 547 g/mol. The van der Waals surface area contributed by atoms with Crippen LogP contribution < -0.4 is 0 Å². The first-order valence-corrected chi connectivity index (χ1v) is 14.9. The first kappa shape index (κ1) is 26.2. The summed E-state index contributed by atoms with van der Waals surface area (Å²) < 4.78 is 50.1. The van der Waals surface area contributed by atoms with Crippen molar-refractivity contribution in [3.8, 4) is 5.69 Å². The number of aryl methyl sites for hydroxylation is 1. The van der Waals surface area contributed by atoms with Crippen molar-refractivity contribution in [1.82, 2.24) is 14.1 Å². The fourth-order valence-electron chi connectivity index (χ4n) is 7.00. The number of halogens is 1. The van der Waals surface area contributed by atoms with Crippen LogP contribution in [0.2, 0.25) is 0 Å². The van der Waals surface area contributed by atoms with E-state index in [1.807, 2.05) is 29.1 Å². The molecule has 6 rings (SSSR count). The lowest BCUT2D eigenvalue weighted by atomic mass is 9.72. The Labute approximate surface area is 229 Å². The number of benzene rings is 3. The van der Waals surface area contributed by atoms with Gasteiger partial charge in [-0.25, -0.2) is 21.8 Å². The molecule has 0 N–H and O–H groups in total. The van der Waals surface area contributed by atoms with Crippen molar-refractivity contribution in [2.45, 2.75) is 49.9 Å². The quantitative estimate of drug-likeness (QED) is 0.310. The molecular weight excluding hydrogens is 513 g/mol. The Balaban J connectivity index is 1.50. The number of sulfonamides is 1. The van der Waals surface area contributed by atoms with Gasteiger partial charge in [-0.05, 0) is 92.6 Å². The highest BCUT2D eigenvalue weighted by Gasteiger charge is 2.62. The van der Waals surface area contributed by atoms with Gasteiger partial charge in [0.1, 0.15) is 5.82 Å². The molecule has 39 heavy (non-hydrogen) atoms. The van der Waals surface area contributed by atoms with Crippen LogP contribution in [0.5, 0.6) is 0 Å². The van der Waals surface area contributed by atoms with Gasteiger partial charge in [-0.15, -0.1) is 0 Å². The topological polar surface area (TPSA) is 64.4 Å². The Kier molecular flexibility index (Phi) is 6.21. The largest absolute Gasteiger partial charge is 0.373 e. The molecule has 1 aliphatic heterocycles. The van der Waals surface area contributed by atoms with Crippen molar-refractivity contribution in [2.75, 3.05) is 20.2 Å². The molecule has 1 aliphatic carbocycles. The van der Waals surface area contributed by atoms with Crippen LogP contribution in [0.4, 0.5) is 4.39 Å². The standard InChI is InChI=1S/C31H34FN3O3S/c1-21(2)39(36,37)34-18-25-16-31(38-4,24-8-6-5-7-9-24)19-30(25,20-34)28-15-23-17-33-35(29(23)14-22(28)3)27-12-10-26(32)11-13-27/h5-15,17,21,25H,16,18-20H2,1-4H3/t25?,30?,31-/m0/s1. The van der Waals surface area contributed by atoms with Gasteiger partial charge < -0.3 is 4.74 Å². The molecule has 1 aromatic heterocycles. The number of rotatable bonds is 6. The maximum absolute atomic E-state index is 13.5. The minimum atomic E-state index is -3.42. The van der Waals surface area contributed by atoms with Crippen LogP contribution in [-0.2, 0) is 25.8 Å². The van der Waals surface area contributed by atoms with Crippen LogP contribution >= 0.6 is 0 Å². The fraction of sp³-hybridized carbons (Fsp3) is 0.387. The van der Waals surface area contributed by atoms with Crippen LogP contribution in [0, 0.1) is 18.7 Å². The second-order valence-electron chi connectivity index (χ2n) is 11.4. The van der Waals surface area contributed by atoms with Crippen molar-refractivity contribution in [2.24, 2.45) is 5.92 Å². The molecule has 0 spiro atoms. The predicted octanol–water partition coefficient (Wildman–Crippen LogP) is 5.72. The zero-order valence-corrected chi connectivity index (χ0v) is 23.6. The normalized spacial score (nSPS) is 25.5. The van der Waals surface area contributed by atoms with E-state index < -0.39 is 26.3 Å². The lowest BCUT2D eigenvalue weighted by molar-refractivity contribution is -0.0183. The van der Waals surface area contributed by atoms with Crippen LogP contribution in [0.25, 0.3) is 16.6 Å². The zero-order chi connectivity index (χ0) is 27.6. The number of ether oxygens (including phenoxy) is 1. The number of nitrogens with zero attached hydrogens (tertiary/aromatic N) is 3. The van der Waals surface area contributed by atoms with Crippen molar-refractivity contribution >= 4 is 20.9 Å². The average Bonchev–Trinajstić information content (AvgIpc) is 3.59. The van der Waals surface area contributed by atoms with Crippen LogP contribution in [0.1, 0.15) is 43.4 Å². The van der Waals surface area contributed by atoms with Crippen molar-refractivity contribution in [3.05, 3.63) is 95.4 Å². The maximum Gasteiger partial charge on any atom is 0.216 e. The van der Waals surface area contributed by atoms with Gasteiger partial charge in [0.05, 0.1) is 28.3 Å². The molecule has 6 nitrogen and oxygen atoms in total. The summed E-state index contributed by atoms with van der Waals surface area (Å²) in [6.07, 6.45) is 3.26. The number of hydrogen-bond acceptors (Lipinski definition) is 4. The van der Waals surface area contributed by atoms with Crippen molar-refractivity contribution in [3.63, 3.8) is 0 Å². The lowest BCUT2D eigenvalue weighted by Crippen LogP contribution is -2.40. The Hall–Kier alpha value is -3.07. The third-order valence-electron chi connectivity index (χ3n) is 9.01. The number of hydrogen-bond donors (Lipinski definition) is 0. The molecule has 0 amide bonds. The fourth-order valence-corrected chi connectivity index (χ4v) is 8.39. The second-order valence-corrected chi connectivity index (χ2v) is 13.9. The smallest absolute Gasteiger partial charge is 0.216 e. The molecule has 204 valence electrons. The van der Waals surface area contributed by atoms with Gasteiger partial charge in [-0.2, -0.15) is 5.10 Å². The summed E-state index contributed by atoms with van der Waals surface area (Å²) in [6, 6.07) is 20.9. The summed E-state index contributed by atoms with van der Waals surface area (Å²) in [6.45, 7) is 6.50. The molecule has 3 atom stereocenters. The van der Waals surface area contributed by atoms with Gasteiger partial charge in [-0.1, -0.05) is 30.3 Å². The highest BCUT2D eigenvalue weighted by atomic mass is 32.2. The summed E-state index contributed by atoms with van der Waals surface area (Å²) in [5.74, 6) is -0.197. The number of fused-ring (bicyclic) bond motifs is 2. The third-order valence-corrected chi connectivity index (χ3v) is 11.2. The molecule has 2 fully saturated rings. The van der Waals surface area contributed by atoms with Gasteiger partial charge in [-0.3, -0.25) is 0 Å². The highest BCUT2D eigenvalue weighted by Crippen LogP contribution is 2.60. The van der Waals surface area contributed by atoms with E-state index >= 15 is 0 Å². The van der Waals surface area contributed by atoms with E-state index in [4.69, 9.17) is 4.74 Å². The van der Waals surface area contributed by atoms with E-state index in [2.05, 4.69) is 36.3 Å². The van der Waals surface area contributed by atoms with Gasteiger partial charge in [0.15, 0.2) is 0 Å². The molecule has 8 heteroatoms.